The first-order valence-electron chi connectivity index (χ1n) is 15.9. The molecule has 0 aliphatic carbocycles. The number of likely N-dealkylation sites (N-methyl/N-ethyl adjacent to an activating group) is 1. The fraction of sp³-hybridized carbons (Fsp3) is 0.719. The number of benzene rings is 1. The van der Waals surface area contributed by atoms with E-state index in [4.69, 9.17) is 0 Å². The van der Waals surface area contributed by atoms with Crippen LogP contribution in [0.25, 0.3) is 0 Å². The number of aldehydes is 3. The van der Waals surface area contributed by atoms with E-state index in [1.165, 1.54) is 58.7 Å². The molecule has 236 valence electrons. The van der Waals surface area contributed by atoms with Gasteiger partial charge in [0.1, 0.15) is 18.9 Å². The maximum atomic E-state index is 11.7. The second-order valence-electron chi connectivity index (χ2n) is 12.0. The number of nitrogens with zero attached hydrogens (tertiary/aromatic N) is 5. The molecule has 2 N–H and O–H groups in total. The number of carbonyl (C=O) groups is 3. The largest absolute Gasteiger partial charge is 0.369 e. The second kappa shape index (κ2) is 19.1. The van der Waals surface area contributed by atoms with Gasteiger partial charge in [0, 0.05) is 96.2 Å². The maximum absolute atomic E-state index is 11.7. The molecule has 3 heterocycles. The van der Waals surface area contributed by atoms with Gasteiger partial charge in [-0.3, -0.25) is 19.5 Å². The Balaban J connectivity index is 0.00000155. The highest BCUT2D eigenvalue weighted by molar-refractivity contribution is 5.78. The van der Waals surface area contributed by atoms with Crippen LogP contribution in [0.5, 0.6) is 0 Å². The standard InChI is InChI=1S/C30H48N6O3.C2H7N/c1-32(30(25-39)3-2-20-37)23-28-21-29(5-4-27(28)24-38)36-18-16-35(17-19-36)22-26-6-10-33(11-7-26)14-15-34-12-8-31-9-13-34;1-3-2/h4-5,20-21,24-26,30-31H,2-3,6-19,22-23H2,1H3;3H,1-2H3. The summed E-state index contributed by atoms with van der Waals surface area (Å²) in [5, 5.41) is 6.19. The third-order valence-electron chi connectivity index (χ3n) is 8.88. The van der Waals surface area contributed by atoms with Crippen molar-refractivity contribution in [3.05, 3.63) is 29.3 Å². The Kier molecular flexibility index (Phi) is 15.6. The van der Waals surface area contributed by atoms with Crippen molar-refractivity contribution in [1.82, 2.24) is 30.2 Å². The van der Waals surface area contributed by atoms with Crippen molar-refractivity contribution in [3.8, 4) is 0 Å². The van der Waals surface area contributed by atoms with Gasteiger partial charge in [-0.2, -0.15) is 0 Å². The van der Waals surface area contributed by atoms with E-state index in [1.807, 2.05) is 38.2 Å². The van der Waals surface area contributed by atoms with Gasteiger partial charge in [0.05, 0.1) is 6.04 Å². The molecule has 0 amide bonds. The predicted octanol–water partition coefficient (Wildman–Crippen LogP) is 1.05. The molecule has 0 radical (unpaired) electrons. The molecule has 3 fully saturated rings. The highest BCUT2D eigenvalue weighted by atomic mass is 16.1. The lowest BCUT2D eigenvalue weighted by atomic mass is 9.96. The van der Waals surface area contributed by atoms with Crippen molar-refractivity contribution in [2.75, 3.05) is 111 Å². The third kappa shape index (κ3) is 11.1. The Labute approximate surface area is 253 Å². The molecule has 10 nitrogen and oxygen atoms in total. The zero-order chi connectivity index (χ0) is 30.2. The van der Waals surface area contributed by atoms with Crippen LogP contribution in [0.4, 0.5) is 5.69 Å². The minimum absolute atomic E-state index is 0.332. The van der Waals surface area contributed by atoms with E-state index in [9.17, 15) is 14.4 Å². The summed E-state index contributed by atoms with van der Waals surface area (Å²) in [5.74, 6) is 0.797. The number of nitrogens with one attached hydrogen (secondary N) is 2. The van der Waals surface area contributed by atoms with E-state index in [0.717, 1.165) is 75.3 Å². The molecule has 0 aromatic heterocycles. The molecule has 0 saturated carbocycles. The summed E-state index contributed by atoms with van der Waals surface area (Å²) in [5.41, 5.74) is 2.72. The Morgan fingerprint density at radius 1 is 0.929 bits per heavy atom. The van der Waals surface area contributed by atoms with Crippen LogP contribution in [0, 0.1) is 5.92 Å². The number of hydrogen-bond donors (Lipinski definition) is 2. The quantitative estimate of drug-likeness (QED) is 0.309. The molecule has 1 aromatic carbocycles. The van der Waals surface area contributed by atoms with Gasteiger partial charge in [0.25, 0.3) is 0 Å². The molecule has 3 saturated heterocycles. The van der Waals surface area contributed by atoms with Crippen molar-refractivity contribution < 1.29 is 14.4 Å². The monoisotopic (exact) mass is 585 g/mol. The van der Waals surface area contributed by atoms with Crippen LogP contribution in [0.15, 0.2) is 18.2 Å². The summed E-state index contributed by atoms with van der Waals surface area (Å²) >= 11 is 0. The van der Waals surface area contributed by atoms with Crippen LogP contribution in [0.1, 0.15) is 41.6 Å². The summed E-state index contributed by atoms with van der Waals surface area (Å²) in [4.78, 5) is 46.2. The summed E-state index contributed by atoms with van der Waals surface area (Å²) in [6.45, 7) is 15.3. The van der Waals surface area contributed by atoms with E-state index in [2.05, 4.69) is 36.3 Å². The number of anilines is 1. The molecule has 0 bridgehead atoms. The average molecular weight is 586 g/mol. The zero-order valence-electron chi connectivity index (χ0n) is 26.3. The third-order valence-corrected chi connectivity index (χ3v) is 8.88. The summed E-state index contributed by atoms with van der Waals surface area (Å²) in [7, 11) is 5.63. The van der Waals surface area contributed by atoms with Gasteiger partial charge in [0.2, 0.25) is 0 Å². The van der Waals surface area contributed by atoms with E-state index < -0.39 is 0 Å². The van der Waals surface area contributed by atoms with Gasteiger partial charge in [-0.05, 0) is 83.2 Å². The number of hydrogen-bond acceptors (Lipinski definition) is 10. The van der Waals surface area contributed by atoms with Gasteiger partial charge in [-0.15, -0.1) is 0 Å². The fourth-order valence-corrected chi connectivity index (χ4v) is 6.22. The van der Waals surface area contributed by atoms with Crippen molar-refractivity contribution >= 4 is 24.5 Å². The topological polar surface area (TPSA) is 91.5 Å². The number of likely N-dealkylation sites (tertiary alicyclic amines) is 1. The van der Waals surface area contributed by atoms with Gasteiger partial charge < -0.3 is 30.0 Å². The highest BCUT2D eigenvalue weighted by Gasteiger charge is 2.25. The Hall–Kier alpha value is -2.21. The first-order valence-corrected chi connectivity index (χ1v) is 15.9. The molecule has 0 spiro atoms. The lowest BCUT2D eigenvalue weighted by Crippen LogP contribution is -2.49. The van der Waals surface area contributed by atoms with Gasteiger partial charge in [-0.25, -0.2) is 0 Å². The number of carbonyl (C=O) groups excluding carboxylic acids is 3. The van der Waals surface area contributed by atoms with Crippen molar-refractivity contribution in [3.63, 3.8) is 0 Å². The molecule has 10 heteroatoms. The van der Waals surface area contributed by atoms with Gasteiger partial charge >= 0.3 is 0 Å². The maximum Gasteiger partial charge on any atom is 0.150 e. The van der Waals surface area contributed by atoms with Crippen LogP contribution in [-0.4, -0.2) is 151 Å². The van der Waals surface area contributed by atoms with Gasteiger partial charge in [-0.1, -0.05) is 0 Å². The normalized spacial score (nSPS) is 20.1. The molecule has 4 rings (SSSR count). The van der Waals surface area contributed by atoms with Crippen LogP contribution in [0.3, 0.4) is 0 Å². The highest BCUT2D eigenvalue weighted by Crippen LogP contribution is 2.24. The molecular formula is C32H55N7O3. The first kappa shape index (κ1) is 34.3. The molecule has 1 atom stereocenters. The van der Waals surface area contributed by atoms with E-state index in [0.29, 0.717) is 24.9 Å². The van der Waals surface area contributed by atoms with E-state index in [-0.39, 0.29) is 6.04 Å². The van der Waals surface area contributed by atoms with Crippen LogP contribution >= 0.6 is 0 Å². The summed E-state index contributed by atoms with van der Waals surface area (Å²) < 4.78 is 0. The molecule has 42 heavy (non-hydrogen) atoms. The van der Waals surface area contributed by atoms with Crippen LogP contribution in [0.2, 0.25) is 0 Å². The van der Waals surface area contributed by atoms with E-state index >= 15 is 0 Å². The Morgan fingerprint density at radius 2 is 1.57 bits per heavy atom. The average Bonchev–Trinajstić information content (AvgIpc) is 3.02. The second-order valence-corrected chi connectivity index (χ2v) is 12.0. The van der Waals surface area contributed by atoms with Crippen LogP contribution < -0.4 is 15.5 Å². The molecule has 1 aromatic rings. The number of piperazine rings is 2. The molecule has 1 unspecified atom stereocenters. The zero-order valence-corrected chi connectivity index (χ0v) is 26.3. The smallest absolute Gasteiger partial charge is 0.150 e. The predicted molar refractivity (Wildman–Crippen MR) is 171 cm³/mol. The molecule has 3 aliphatic heterocycles. The minimum Gasteiger partial charge on any atom is -0.369 e. The lowest BCUT2D eigenvalue weighted by Gasteiger charge is -2.40. The minimum atomic E-state index is -0.332. The van der Waals surface area contributed by atoms with Crippen molar-refractivity contribution in [1.29, 1.82) is 0 Å². The number of piperidine rings is 1. The van der Waals surface area contributed by atoms with Gasteiger partial charge in [0.15, 0.2) is 0 Å². The molecular weight excluding hydrogens is 530 g/mol. The summed E-state index contributed by atoms with van der Waals surface area (Å²) in [6.07, 6.45) is 6.10. The Morgan fingerprint density at radius 3 is 2.17 bits per heavy atom. The summed E-state index contributed by atoms with van der Waals surface area (Å²) in [6, 6.07) is 5.71. The molecule has 3 aliphatic rings. The fourth-order valence-electron chi connectivity index (χ4n) is 6.22. The first-order chi connectivity index (χ1) is 20.5. The lowest BCUT2D eigenvalue weighted by molar-refractivity contribution is -0.113. The van der Waals surface area contributed by atoms with Crippen molar-refractivity contribution in [2.45, 2.75) is 38.3 Å². The SMILES string of the molecule is CN(Cc1cc(N2CCN(CC3CCN(CCN4CCNCC4)CC3)CC2)ccc1C=O)C(C=O)CCC=O.CNC. The van der Waals surface area contributed by atoms with Crippen LogP contribution in [-0.2, 0) is 16.1 Å². The number of rotatable bonds is 14. The Bertz CT molecular complexity index is 927. The van der Waals surface area contributed by atoms with Crippen molar-refractivity contribution in [2.24, 2.45) is 5.92 Å². The van der Waals surface area contributed by atoms with E-state index in [1.54, 1.807) is 0 Å².